The van der Waals surface area contributed by atoms with Crippen molar-refractivity contribution in [3.05, 3.63) is 23.7 Å². The molecule has 0 spiro atoms. The van der Waals surface area contributed by atoms with Gasteiger partial charge in [-0.15, -0.1) is 0 Å². The van der Waals surface area contributed by atoms with Crippen LogP contribution in [-0.2, 0) is 17.9 Å². The van der Waals surface area contributed by atoms with E-state index >= 15 is 0 Å². The summed E-state index contributed by atoms with van der Waals surface area (Å²) in [5.41, 5.74) is 1.21. The van der Waals surface area contributed by atoms with Crippen LogP contribution in [0.25, 0.3) is 0 Å². The molecule has 2 rings (SSSR count). The number of hydrogen-bond acceptors (Lipinski definition) is 3. The Morgan fingerprint density at radius 3 is 2.70 bits per heavy atom. The number of hydrogen-bond donors (Lipinski definition) is 1. The second kappa shape index (κ2) is 8.48. The van der Waals surface area contributed by atoms with Gasteiger partial charge < -0.3 is 14.5 Å². The first-order valence-corrected chi connectivity index (χ1v) is 8.12. The molecule has 0 bridgehead atoms. The molecule has 1 heterocycles. The molecule has 114 valence electrons. The summed E-state index contributed by atoms with van der Waals surface area (Å²) in [6, 6.07) is 2.12. The Morgan fingerprint density at radius 2 is 2.00 bits per heavy atom. The minimum absolute atomic E-state index is 0.435. The zero-order valence-electron chi connectivity index (χ0n) is 13.0. The highest BCUT2D eigenvalue weighted by Gasteiger charge is 2.13. The molecule has 1 aromatic rings. The molecular weight excluding hydrogens is 250 g/mol. The van der Waals surface area contributed by atoms with Crippen LogP contribution in [0.4, 0.5) is 0 Å². The third kappa shape index (κ3) is 5.68. The standard InChI is InChI=1S/C17H29NO2/c1-14(2)10-18-11-15-9-17(19-12-15)13-20-16-7-5-3-4-6-8-16/h9,12,14,16,18H,3-8,10-11,13H2,1-2H3. The molecular formula is C17H29NO2. The van der Waals surface area contributed by atoms with Crippen molar-refractivity contribution in [3.63, 3.8) is 0 Å². The maximum atomic E-state index is 5.99. The molecule has 0 aliphatic heterocycles. The Morgan fingerprint density at radius 1 is 1.25 bits per heavy atom. The molecule has 20 heavy (non-hydrogen) atoms. The smallest absolute Gasteiger partial charge is 0.129 e. The van der Waals surface area contributed by atoms with Crippen LogP contribution < -0.4 is 5.32 Å². The van der Waals surface area contributed by atoms with Gasteiger partial charge in [0.05, 0.1) is 12.4 Å². The van der Waals surface area contributed by atoms with E-state index in [-0.39, 0.29) is 0 Å². The number of nitrogens with one attached hydrogen (secondary N) is 1. The van der Waals surface area contributed by atoms with Crippen LogP contribution in [0.15, 0.2) is 16.7 Å². The molecule has 1 aromatic heterocycles. The van der Waals surface area contributed by atoms with Gasteiger partial charge in [0.15, 0.2) is 0 Å². The number of furan rings is 1. The Labute approximate surface area is 123 Å². The van der Waals surface area contributed by atoms with Gasteiger partial charge in [0.25, 0.3) is 0 Å². The predicted octanol–water partition coefficient (Wildman–Crippen LogP) is 4.26. The van der Waals surface area contributed by atoms with Crippen molar-refractivity contribution in [1.82, 2.24) is 5.32 Å². The van der Waals surface area contributed by atoms with Crippen molar-refractivity contribution in [3.8, 4) is 0 Å². The molecule has 3 heteroatoms. The molecule has 0 atom stereocenters. The highest BCUT2D eigenvalue weighted by atomic mass is 16.5. The van der Waals surface area contributed by atoms with Crippen LogP contribution >= 0.6 is 0 Å². The van der Waals surface area contributed by atoms with Gasteiger partial charge in [0.2, 0.25) is 0 Å². The summed E-state index contributed by atoms with van der Waals surface area (Å²) >= 11 is 0. The van der Waals surface area contributed by atoms with Crippen molar-refractivity contribution in [2.75, 3.05) is 6.54 Å². The minimum atomic E-state index is 0.435. The zero-order valence-corrected chi connectivity index (χ0v) is 13.0. The molecule has 3 nitrogen and oxygen atoms in total. The van der Waals surface area contributed by atoms with Gasteiger partial charge in [0.1, 0.15) is 12.4 Å². The molecule has 0 radical (unpaired) electrons. The Hall–Kier alpha value is -0.800. The van der Waals surface area contributed by atoms with Gasteiger partial charge >= 0.3 is 0 Å². The van der Waals surface area contributed by atoms with Crippen LogP contribution in [-0.4, -0.2) is 12.6 Å². The van der Waals surface area contributed by atoms with Crippen molar-refractivity contribution in [1.29, 1.82) is 0 Å². The third-order valence-electron chi connectivity index (χ3n) is 3.85. The third-order valence-corrected chi connectivity index (χ3v) is 3.85. The normalized spacial score (nSPS) is 17.6. The summed E-state index contributed by atoms with van der Waals surface area (Å²) in [6.07, 6.45) is 10.1. The van der Waals surface area contributed by atoms with Gasteiger partial charge in [-0.05, 0) is 31.4 Å². The van der Waals surface area contributed by atoms with Crippen LogP contribution in [0.5, 0.6) is 0 Å². The molecule has 0 saturated heterocycles. The maximum Gasteiger partial charge on any atom is 0.129 e. The summed E-state index contributed by atoms with van der Waals surface area (Å²) in [6.45, 7) is 6.97. The molecule has 1 saturated carbocycles. The topological polar surface area (TPSA) is 34.4 Å². The maximum absolute atomic E-state index is 5.99. The average molecular weight is 279 g/mol. The van der Waals surface area contributed by atoms with Gasteiger partial charge in [0, 0.05) is 12.1 Å². The lowest BCUT2D eigenvalue weighted by Crippen LogP contribution is -2.18. The molecule has 1 fully saturated rings. The summed E-state index contributed by atoms with van der Waals surface area (Å²) in [5.74, 6) is 1.63. The van der Waals surface area contributed by atoms with E-state index in [1.54, 1.807) is 0 Å². The summed E-state index contributed by atoms with van der Waals surface area (Å²) in [5, 5.41) is 3.43. The first kappa shape index (κ1) is 15.6. The lowest BCUT2D eigenvalue weighted by atomic mass is 10.1. The van der Waals surface area contributed by atoms with E-state index in [9.17, 15) is 0 Å². The van der Waals surface area contributed by atoms with E-state index in [0.29, 0.717) is 18.6 Å². The van der Waals surface area contributed by atoms with Gasteiger partial charge in [-0.2, -0.15) is 0 Å². The monoisotopic (exact) mass is 279 g/mol. The lowest BCUT2D eigenvalue weighted by Gasteiger charge is -2.13. The Kier molecular flexibility index (Phi) is 6.61. The van der Waals surface area contributed by atoms with Crippen molar-refractivity contribution in [2.45, 2.75) is 71.6 Å². The SMILES string of the molecule is CC(C)CNCc1coc(COC2CCCCCC2)c1. The summed E-state index contributed by atoms with van der Waals surface area (Å²) in [7, 11) is 0. The van der Waals surface area contributed by atoms with E-state index in [2.05, 4.69) is 25.2 Å². The predicted molar refractivity (Wildman–Crippen MR) is 81.5 cm³/mol. The van der Waals surface area contributed by atoms with Crippen LogP contribution in [0.2, 0.25) is 0 Å². The summed E-state index contributed by atoms with van der Waals surface area (Å²) < 4.78 is 11.6. The van der Waals surface area contributed by atoms with E-state index in [4.69, 9.17) is 9.15 Å². The molecule has 1 N–H and O–H groups in total. The van der Waals surface area contributed by atoms with Gasteiger partial charge in [-0.3, -0.25) is 0 Å². The van der Waals surface area contributed by atoms with Gasteiger partial charge in [-0.1, -0.05) is 39.5 Å². The fourth-order valence-corrected chi connectivity index (χ4v) is 2.71. The first-order valence-electron chi connectivity index (χ1n) is 8.12. The fraction of sp³-hybridized carbons (Fsp3) is 0.765. The van der Waals surface area contributed by atoms with E-state index in [1.807, 2.05) is 6.26 Å². The highest BCUT2D eigenvalue weighted by molar-refractivity contribution is 5.12. The van der Waals surface area contributed by atoms with Crippen LogP contribution in [0.1, 0.15) is 63.7 Å². The lowest BCUT2D eigenvalue weighted by molar-refractivity contribution is 0.0220. The molecule has 0 aromatic carbocycles. The molecule has 0 amide bonds. The van der Waals surface area contributed by atoms with Crippen molar-refractivity contribution in [2.24, 2.45) is 5.92 Å². The Balaban J connectivity index is 1.69. The van der Waals surface area contributed by atoms with Crippen molar-refractivity contribution < 1.29 is 9.15 Å². The number of ether oxygens (including phenoxy) is 1. The van der Waals surface area contributed by atoms with Crippen LogP contribution in [0, 0.1) is 5.92 Å². The summed E-state index contributed by atoms with van der Waals surface area (Å²) in [4.78, 5) is 0. The quantitative estimate of drug-likeness (QED) is 0.757. The average Bonchev–Trinajstić information content (AvgIpc) is 2.71. The van der Waals surface area contributed by atoms with Gasteiger partial charge in [-0.25, -0.2) is 0 Å². The molecule has 1 aliphatic rings. The molecule has 1 aliphatic carbocycles. The zero-order chi connectivity index (χ0) is 14.2. The number of rotatable bonds is 7. The largest absolute Gasteiger partial charge is 0.467 e. The van der Waals surface area contributed by atoms with E-state index in [1.165, 1.54) is 44.1 Å². The fourth-order valence-electron chi connectivity index (χ4n) is 2.71. The minimum Gasteiger partial charge on any atom is -0.467 e. The van der Waals surface area contributed by atoms with Crippen LogP contribution in [0.3, 0.4) is 0 Å². The second-order valence-electron chi connectivity index (χ2n) is 6.37. The second-order valence-corrected chi connectivity index (χ2v) is 6.37. The Bertz CT molecular complexity index is 365. The van der Waals surface area contributed by atoms with Crippen molar-refractivity contribution >= 4 is 0 Å². The first-order chi connectivity index (χ1) is 9.74. The highest BCUT2D eigenvalue weighted by Crippen LogP contribution is 2.21. The van der Waals surface area contributed by atoms with E-state index < -0.39 is 0 Å². The van der Waals surface area contributed by atoms with E-state index in [0.717, 1.165) is 18.8 Å². The molecule has 0 unspecified atom stereocenters.